The summed E-state index contributed by atoms with van der Waals surface area (Å²) >= 11 is 0. The summed E-state index contributed by atoms with van der Waals surface area (Å²) in [6, 6.07) is 7.12. The van der Waals surface area contributed by atoms with Gasteiger partial charge in [0.1, 0.15) is 5.75 Å². The van der Waals surface area contributed by atoms with Gasteiger partial charge in [-0.25, -0.2) is 0 Å². The molecule has 1 aromatic carbocycles. The van der Waals surface area contributed by atoms with Crippen molar-refractivity contribution in [3.63, 3.8) is 0 Å². The highest BCUT2D eigenvalue weighted by atomic mass is 16.3. The van der Waals surface area contributed by atoms with E-state index in [0.29, 0.717) is 5.92 Å². The van der Waals surface area contributed by atoms with Crippen molar-refractivity contribution in [2.75, 3.05) is 0 Å². The van der Waals surface area contributed by atoms with Gasteiger partial charge in [0.15, 0.2) is 0 Å². The first kappa shape index (κ1) is 9.07. The lowest BCUT2D eigenvalue weighted by atomic mass is 9.97. The number of nitrogens with two attached hydrogens (primary N) is 1. The summed E-state index contributed by atoms with van der Waals surface area (Å²) in [7, 11) is 0. The standard InChI is InChI=1S/C10H15NO/c1-7(2)10(11)8-4-3-5-9(12)6-8/h3-7,10,12H,11H2,1-2H3/t10-/m0/s1. The minimum absolute atomic E-state index is 0.0112. The smallest absolute Gasteiger partial charge is 0.115 e. The molecule has 0 heterocycles. The predicted molar refractivity (Wildman–Crippen MR) is 49.9 cm³/mol. The summed E-state index contributed by atoms with van der Waals surface area (Å²) in [4.78, 5) is 0. The maximum Gasteiger partial charge on any atom is 0.115 e. The Kier molecular flexibility index (Phi) is 2.71. The lowest BCUT2D eigenvalue weighted by molar-refractivity contribution is 0.468. The van der Waals surface area contributed by atoms with E-state index in [1.807, 2.05) is 12.1 Å². The minimum Gasteiger partial charge on any atom is -0.508 e. The lowest BCUT2D eigenvalue weighted by Gasteiger charge is -2.15. The monoisotopic (exact) mass is 165 g/mol. The highest BCUT2D eigenvalue weighted by molar-refractivity contribution is 5.29. The molecule has 1 atom stereocenters. The van der Waals surface area contributed by atoms with Gasteiger partial charge in [0.25, 0.3) is 0 Å². The van der Waals surface area contributed by atoms with Crippen LogP contribution >= 0.6 is 0 Å². The maximum absolute atomic E-state index is 9.19. The van der Waals surface area contributed by atoms with Gasteiger partial charge in [0.2, 0.25) is 0 Å². The van der Waals surface area contributed by atoms with Crippen molar-refractivity contribution in [1.82, 2.24) is 0 Å². The summed E-state index contributed by atoms with van der Waals surface area (Å²) in [6.07, 6.45) is 0. The van der Waals surface area contributed by atoms with Gasteiger partial charge in [-0.3, -0.25) is 0 Å². The third-order valence-corrected chi connectivity index (χ3v) is 1.97. The second kappa shape index (κ2) is 3.59. The van der Waals surface area contributed by atoms with E-state index >= 15 is 0 Å². The number of phenols is 1. The minimum atomic E-state index is 0.0112. The largest absolute Gasteiger partial charge is 0.508 e. The summed E-state index contributed by atoms with van der Waals surface area (Å²) in [5.74, 6) is 0.676. The molecule has 3 N–H and O–H groups in total. The van der Waals surface area contributed by atoms with Crippen LogP contribution < -0.4 is 5.73 Å². The molecule has 0 aliphatic heterocycles. The van der Waals surface area contributed by atoms with Crippen molar-refractivity contribution >= 4 is 0 Å². The lowest BCUT2D eigenvalue weighted by Crippen LogP contribution is -2.16. The Morgan fingerprint density at radius 2 is 2.00 bits per heavy atom. The van der Waals surface area contributed by atoms with Gasteiger partial charge in [-0.2, -0.15) is 0 Å². The van der Waals surface area contributed by atoms with E-state index in [1.165, 1.54) is 0 Å². The Morgan fingerprint density at radius 1 is 1.33 bits per heavy atom. The molecule has 1 aromatic rings. The molecule has 0 aromatic heterocycles. The Hall–Kier alpha value is -1.02. The molecule has 0 saturated heterocycles. The van der Waals surface area contributed by atoms with Crippen molar-refractivity contribution in [3.8, 4) is 5.75 Å². The molecule has 0 unspecified atom stereocenters. The molecule has 2 heteroatoms. The molecule has 0 aliphatic carbocycles. The molecule has 12 heavy (non-hydrogen) atoms. The molecular weight excluding hydrogens is 150 g/mol. The van der Waals surface area contributed by atoms with Crippen LogP contribution in [0.5, 0.6) is 5.75 Å². The number of phenolic OH excluding ortho intramolecular Hbond substituents is 1. The third kappa shape index (κ3) is 1.98. The van der Waals surface area contributed by atoms with E-state index < -0.39 is 0 Å². The number of aromatic hydroxyl groups is 1. The van der Waals surface area contributed by atoms with Crippen LogP contribution in [0.25, 0.3) is 0 Å². The molecule has 0 fully saturated rings. The van der Waals surface area contributed by atoms with Gasteiger partial charge in [0.05, 0.1) is 0 Å². The maximum atomic E-state index is 9.19. The first-order valence-corrected chi connectivity index (χ1v) is 4.16. The van der Waals surface area contributed by atoms with Crippen LogP contribution in [-0.2, 0) is 0 Å². The van der Waals surface area contributed by atoms with Crippen molar-refractivity contribution < 1.29 is 5.11 Å². The number of rotatable bonds is 2. The Morgan fingerprint density at radius 3 is 2.50 bits per heavy atom. The van der Waals surface area contributed by atoms with E-state index in [0.717, 1.165) is 5.56 Å². The first-order chi connectivity index (χ1) is 5.61. The topological polar surface area (TPSA) is 46.2 Å². The average Bonchev–Trinajstić information content (AvgIpc) is 2.03. The fourth-order valence-electron chi connectivity index (χ4n) is 1.12. The highest BCUT2D eigenvalue weighted by Crippen LogP contribution is 2.21. The zero-order valence-electron chi connectivity index (χ0n) is 7.49. The highest BCUT2D eigenvalue weighted by Gasteiger charge is 2.09. The van der Waals surface area contributed by atoms with Crippen LogP contribution in [0.1, 0.15) is 25.5 Å². The fourth-order valence-corrected chi connectivity index (χ4v) is 1.12. The van der Waals surface area contributed by atoms with Gasteiger partial charge in [0, 0.05) is 6.04 Å². The van der Waals surface area contributed by atoms with Gasteiger partial charge >= 0.3 is 0 Å². The Balaban J connectivity index is 2.88. The van der Waals surface area contributed by atoms with Crippen LogP contribution in [0.2, 0.25) is 0 Å². The number of benzene rings is 1. The Bertz CT molecular complexity index is 258. The van der Waals surface area contributed by atoms with E-state index in [2.05, 4.69) is 13.8 Å². The summed E-state index contributed by atoms with van der Waals surface area (Å²) in [5.41, 5.74) is 6.89. The van der Waals surface area contributed by atoms with Gasteiger partial charge in [-0.15, -0.1) is 0 Å². The first-order valence-electron chi connectivity index (χ1n) is 4.16. The molecule has 0 saturated carbocycles. The van der Waals surface area contributed by atoms with Crippen LogP contribution in [0.15, 0.2) is 24.3 Å². The second-order valence-corrected chi connectivity index (χ2v) is 3.36. The fraction of sp³-hybridized carbons (Fsp3) is 0.400. The van der Waals surface area contributed by atoms with Crippen LogP contribution in [-0.4, -0.2) is 5.11 Å². The SMILES string of the molecule is CC(C)[C@H](N)c1cccc(O)c1. The Labute approximate surface area is 73.0 Å². The summed E-state index contributed by atoms with van der Waals surface area (Å²) in [5, 5.41) is 9.19. The molecule has 0 spiro atoms. The molecule has 1 rings (SSSR count). The van der Waals surface area contributed by atoms with Crippen molar-refractivity contribution in [3.05, 3.63) is 29.8 Å². The molecule has 0 amide bonds. The molecular formula is C10H15NO. The molecule has 2 nitrogen and oxygen atoms in total. The number of hydrogen-bond donors (Lipinski definition) is 2. The zero-order valence-corrected chi connectivity index (χ0v) is 7.49. The van der Waals surface area contributed by atoms with E-state index in [4.69, 9.17) is 5.73 Å². The predicted octanol–water partition coefficient (Wildman–Crippen LogP) is 2.05. The summed E-state index contributed by atoms with van der Waals surface area (Å²) in [6.45, 7) is 4.13. The van der Waals surface area contributed by atoms with Crippen molar-refractivity contribution in [2.24, 2.45) is 11.7 Å². The van der Waals surface area contributed by atoms with Crippen molar-refractivity contribution in [1.29, 1.82) is 0 Å². The van der Waals surface area contributed by atoms with E-state index in [1.54, 1.807) is 12.1 Å². The second-order valence-electron chi connectivity index (χ2n) is 3.36. The van der Waals surface area contributed by atoms with Crippen LogP contribution in [0.3, 0.4) is 0 Å². The van der Waals surface area contributed by atoms with Crippen LogP contribution in [0.4, 0.5) is 0 Å². The van der Waals surface area contributed by atoms with E-state index in [-0.39, 0.29) is 11.8 Å². The average molecular weight is 165 g/mol. The zero-order chi connectivity index (χ0) is 9.14. The van der Waals surface area contributed by atoms with Crippen LogP contribution in [0, 0.1) is 5.92 Å². The summed E-state index contributed by atoms with van der Waals surface area (Å²) < 4.78 is 0. The van der Waals surface area contributed by atoms with Gasteiger partial charge < -0.3 is 10.8 Å². The van der Waals surface area contributed by atoms with Gasteiger partial charge in [-0.1, -0.05) is 26.0 Å². The number of hydrogen-bond acceptors (Lipinski definition) is 2. The van der Waals surface area contributed by atoms with E-state index in [9.17, 15) is 5.11 Å². The molecule has 66 valence electrons. The van der Waals surface area contributed by atoms with Crippen molar-refractivity contribution in [2.45, 2.75) is 19.9 Å². The molecule has 0 bridgehead atoms. The molecule has 0 radical (unpaired) electrons. The quantitative estimate of drug-likeness (QED) is 0.704. The van der Waals surface area contributed by atoms with Gasteiger partial charge in [-0.05, 0) is 23.6 Å². The molecule has 0 aliphatic rings. The normalized spacial score (nSPS) is 13.3. The third-order valence-electron chi connectivity index (χ3n) is 1.97.